The van der Waals surface area contributed by atoms with E-state index >= 15 is 0 Å². The van der Waals surface area contributed by atoms with Crippen LogP contribution in [0.3, 0.4) is 0 Å². The summed E-state index contributed by atoms with van der Waals surface area (Å²) in [5, 5.41) is 18.8. The summed E-state index contributed by atoms with van der Waals surface area (Å²) in [5.41, 5.74) is 1.46. The van der Waals surface area contributed by atoms with Crippen molar-refractivity contribution in [3.63, 3.8) is 0 Å². The predicted molar refractivity (Wildman–Crippen MR) is 115 cm³/mol. The third-order valence-corrected chi connectivity index (χ3v) is 5.50. The van der Waals surface area contributed by atoms with Crippen molar-refractivity contribution in [2.75, 3.05) is 13.2 Å². The first-order valence-electron chi connectivity index (χ1n) is 10.8. The molecule has 2 aliphatic rings. The van der Waals surface area contributed by atoms with E-state index in [2.05, 4.69) is 13.8 Å². The number of nitrogens with zero attached hydrogens (tertiary/aromatic N) is 2. The van der Waals surface area contributed by atoms with Crippen molar-refractivity contribution in [3.8, 4) is 6.07 Å². The van der Waals surface area contributed by atoms with E-state index in [0.29, 0.717) is 16.5 Å². The summed E-state index contributed by atoms with van der Waals surface area (Å²) in [4.78, 5) is 9.88. The third-order valence-electron chi connectivity index (χ3n) is 5.50. The fourth-order valence-corrected chi connectivity index (χ4v) is 4.10. The van der Waals surface area contributed by atoms with Gasteiger partial charge in [-0.1, -0.05) is 40.5 Å². The molecule has 1 atom stereocenters. The van der Waals surface area contributed by atoms with Gasteiger partial charge in [-0.2, -0.15) is 5.26 Å². The second kappa shape index (κ2) is 11.9. The van der Waals surface area contributed by atoms with E-state index in [4.69, 9.17) is 14.7 Å². The molecule has 1 saturated heterocycles. The Balaban J connectivity index is 0.000000273. The highest BCUT2D eigenvalue weighted by molar-refractivity contribution is 5.45. The maximum Gasteiger partial charge on any atom is 0.272 e. The zero-order chi connectivity index (χ0) is 21.9. The predicted octanol–water partition coefficient (Wildman–Crippen LogP) is 6.30. The van der Waals surface area contributed by atoms with Gasteiger partial charge in [-0.15, -0.1) is 0 Å². The second-order valence-corrected chi connectivity index (χ2v) is 7.92. The number of nitro benzene ring substituents is 1. The van der Waals surface area contributed by atoms with Gasteiger partial charge >= 0.3 is 0 Å². The molecule has 1 saturated carbocycles. The number of aryl methyl sites for hydroxylation is 1. The van der Waals surface area contributed by atoms with Crippen molar-refractivity contribution >= 4 is 5.69 Å². The van der Waals surface area contributed by atoms with Gasteiger partial charge in [0.2, 0.25) is 0 Å². The van der Waals surface area contributed by atoms with Crippen LogP contribution in [0.5, 0.6) is 0 Å². The highest BCUT2D eigenvalue weighted by Crippen LogP contribution is 2.47. The highest BCUT2D eigenvalue weighted by Gasteiger charge is 2.45. The van der Waals surface area contributed by atoms with Crippen molar-refractivity contribution in [1.29, 1.82) is 5.26 Å². The van der Waals surface area contributed by atoms with Crippen LogP contribution >= 0.6 is 0 Å². The Kier molecular flexibility index (Phi) is 10.3. The van der Waals surface area contributed by atoms with Gasteiger partial charge in [-0.25, -0.2) is 0 Å². The molecule has 29 heavy (non-hydrogen) atoms. The van der Waals surface area contributed by atoms with E-state index in [1.54, 1.807) is 6.92 Å². The van der Waals surface area contributed by atoms with Crippen LogP contribution in [0.2, 0.25) is 0 Å². The van der Waals surface area contributed by atoms with Crippen LogP contribution in [0.4, 0.5) is 5.69 Å². The molecular formula is C23H36N2O4. The molecule has 0 unspecified atom stereocenters. The molecule has 2 fully saturated rings. The van der Waals surface area contributed by atoms with Gasteiger partial charge in [0.1, 0.15) is 0 Å². The molecular weight excluding hydrogens is 368 g/mol. The van der Waals surface area contributed by atoms with Crippen LogP contribution < -0.4 is 0 Å². The molecule has 0 N–H and O–H groups in total. The van der Waals surface area contributed by atoms with Crippen molar-refractivity contribution in [2.45, 2.75) is 85.4 Å². The Morgan fingerprint density at radius 1 is 1.24 bits per heavy atom. The number of benzene rings is 1. The summed E-state index contributed by atoms with van der Waals surface area (Å²) in [7, 11) is 0. The van der Waals surface area contributed by atoms with E-state index < -0.39 is 4.92 Å². The minimum atomic E-state index is -0.462. The van der Waals surface area contributed by atoms with E-state index in [-0.39, 0.29) is 11.5 Å². The molecule has 1 aromatic carbocycles. The summed E-state index contributed by atoms with van der Waals surface area (Å²) in [6.07, 6.45) is 8.80. The van der Waals surface area contributed by atoms with Gasteiger partial charge in [0.05, 0.1) is 29.8 Å². The Morgan fingerprint density at radius 2 is 1.90 bits per heavy atom. The number of unbranched alkanes of at least 4 members (excludes halogenated alkanes) is 1. The lowest BCUT2D eigenvalue weighted by Gasteiger charge is -2.43. The van der Waals surface area contributed by atoms with E-state index in [0.717, 1.165) is 26.1 Å². The van der Waals surface area contributed by atoms with Gasteiger partial charge in [0.25, 0.3) is 5.69 Å². The first-order chi connectivity index (χ1) is 13.8. The third kappa shape index (κ3) is 7.41. The van der Waals surface area contributed by atoms with Crippen LogP contribution in [0, 0.1) is 33.8 Å². The monoisotopic (exact) mass is 404 g/mol. The van der Waals surface area contributed by atoms with Crippen molar-refractivity contribution < 1.29 is 14.4 Å². The molecule has 0 radical (unpaired) electrons. The maximum atomic E-state index is 10.3. The van der Waals surface area contributed by atoms with E-state index in [9.17, 15) is 10.1 Å². The Hall–Kier alpha value is -1.97. The number of nitro groups is 1. The van der Waals surface area contributed by atoms with E-state index in [1.807, 2.05) is 19.9 Å². The Bertz CT molecular complexity index is 693. The number of hydrogen-bond acceptors (Lipinski definition) is 5. The van der Waals surface area contributed by atoms with Gasteiger partial charge < -0.3 is 9.47 Å². The van der Waals surface area contributed by atoms with Gasteiger partial charge in [0.15, 0.2) is 5.79 Å². The quantitative estimate of drug-likeness (QED) is 0.434. The molecule has 6 heteroatoms. The highest BCUT2D eigenvalue weighted by atomic mass is 16.7. The fourth-order valence-electron chi connectivity index (χ4n) is 4.10. The number of hydrogen-bond donors (Lipinski definition) is 0. The molecule has 1 aliphatic carbocycles. The SMILES string of the molecule is CC.CCCC[C@@]1(C)CCCC2(C1)OCCO2.Cc1cc(C#N)ccc1[N+](=O)[O-]. The topological polar surface area (TPSA) is 85.4 Å². The molecule has 0 amide bonds. The number of nitriles is 1. The van der Waals surface area contributed by atoms with Crippen LogP contribution in [0.15, 0.2) is 18.2 Å². The molecule has 6 nitrogen and oxygen atoms in total. The Labute approximate surface area is 175 Å². The molecule has 1 heterocycles. The fraction of sp³-hybridized carbons (Fsp3) is 0.696. The second-order valence-electron chi connectivity index (χ2n) is 7.92. The first kappa shape index (κ1) is 25.1. The van der Waals surface area contributed by atoms with Gasteiger partial charge in [-0.05, 0) is 43.7 Å². The summed E-state index contributed by atoms with van der Waals surface area (Å²) >= 11 is 0. The zero-order valence-corrected chi connectivity index (χ0v) is 18.6. The number of ether oxygens (including phenoxy) is 2. The number of rotatable bonds is 4. The summed E-state index contributed by atoms with van der Waals surface area (Å²) in [6.45, 7) is 11.9. The average Bonchev–Trinajstić information content (AvgIpc) is 3.15. The summed E-state index contributed by atoms with van der Waals surface area (Å²) in [5.74, 6) is -0.194. The van der Waals surface area contributed by atoms with Crippen molar-refractivity contribution in [3.05, 3.63) is 39.4 Å². The normalized spacial score (nSPS) is 21.9. The van der Waals surface area contributed by atoms with Crippen LogP contribution in [-0.2, 0) is 9.47 Å². The van der Waals surface area contributed by atoms with Crippen LogP contribution in [-0.4, -0.2) is 23.9 Å². The molecule has 1 aliphatic heterocycles. The van der Waals surface area contributed by atoms with Gasteiger partial charge in [0, 0.05) is 24.5 Å². The standard InChI is InChI=1S/C13H24O2.C8H6N2O2.C2H6/c1-3-4-6-12(2)7-5-8-13(11-12)14-9-10-15-13;1-6-4-7(5-9)2-3-8(6)10(11)12;1-2/h3-11H2,1-2H3;2-4H,1H3;1-2H3/t12-;;/m0../s1. The largest absolute Gasteiger partial charge is 0.348 e. The Morgan fingerprint density at radius 3 is 2.41 bits per heavy atom. The lowest BCUT2D eigenvalue weighted by molar-refractivity contribution is -0.385. The average molecular weight is 405 g/mol. The van der Waals surface area contributed by atoms with Gasteiger partial charge in [-0.3, -0.25) is 10.1 Å². The lowest BCUT2D eigenvalue weighted by Crippen LogP contribution is -2.41. The minimum absolute atomic E-state index is 0.0500. The summed E-state index contributed by atoms with van der Waals surface area (Å²) in [6, 6.07) is 6.19. The van der Waals surface area contributed by atoms with Crippen molar-refractivity contribution in [2.24, 2.45) is 5.41 Å². The maximum absolute atomic E-state index is 10.3. The molecule has 0 bridgehead atoms. The van der Waals surface area contributed by atoms with Crippen LogP contribution in [0.25, 0.3) is 0 Å². The van der Waals surface area contributed by atoms with Crippen LogP contribution in [0.1, 0.15) is 83.8 Å². The summed E-state index contributed by atoms with van der Waals surface area (Å²) < 4.78 is 11.7. The smallest absolute Gasteiger partial charge is 0.272 e. The zero-order valence-electron chi connectivity index (χ0n) is 18.6. The molecule has 3 rings (SSSR count). The molecule has 1 aromatic rings. The molecule has 0 aromatic heterocycles. The minimum Gasteiger partial charge on any atom is -0.348 e. The first-order valence-corrected chi connectivity index (χ1v) is 10.8. The lowest BCUT2D eigenvalue weighted by atomic mass is 9.70. The van der Waals surface area contributed by atoms with Crippen molar-refractivity contribution in [1.82, 2.24) is 0 Å². The van der Waals surface area contributed by atoms with E-state index in [1.165, 1.54) is 50.3 Å². The molecule has 1 spiro atoms. The molecule has 162 valence electrons.